The van der Waals surface area contributed by atoms with E-state index in [1.807, 2.05) is 0 Å². The van der Waals surface area contributed by atoms with Crippen molar-refractivity contribution in [3.8, 4) is 5.75 Å². The van der Waals surface area contributed by atoms with Crippen LogP contribution in [0, 0.1) is 17.7 Å². The summed E-state index contributed by atoms with van der Waals surface area (Å²) in [6.45, 7) is 7.03. The topological polar surface area (TPSA) is 71.1 Å². The summed E-state index contributed by atoms with van der Waals surface area (Å²) in [7, 11) is 3.46. The SMILES string of the molecule is CO[C@@H]1CN(C)C(=O)c2ccc(NC(=O)c3ccccc3F)cc2OC[C@@H](C)N(CC2CC2)C[C@H]1C. The zero-order valence-corrected chi connectivity index (χ0v) is 21.5. The second-order valence-electron chi connectivity index (χ2n) is 10.1. The molecule has 0 spiro atoms. The first kappa shape index (κ1) is 26.1. The number of carbonyl (C=O) groups excluding carboxylic acids is 2. The van der Waals surface area contributed by atoms with Crippen LogP contribution in [0.1, 0.15) is 47.4 Å². The summed E-state index contributed by atoms with van der Waals surface area (Å²) in [5.41, 5.74) is 0.784. The van der Waals surface area contributed by atoms with Gasteiger partial charge < -0.3 is 19.7 Å². The van der Waals surface area contributed by atoms with E-state index in [9.17, 15) is 14.0 Å². The summed E-state index contributed by atoms with van der Waals surface area (Å²) in [5.74, 6) is 0.00583. The first-order chi connectivity index (χ1) is 17.3. The van der Waals surface area contributed by atoms with Crippen molar-refractivity contribution in [3.63, 3.8) is 0 Å². The summed E-state index contributed by atoms with van der Waals surface area (Å²) in [6.07, 6.45) is 2.42. The van der Waals surface area contributed by atoms with Gasteiger partial charge in [0.1, 0.15) is 18.2 Å². The van der Waals surface area contributed by atoms with Gasteiger partial charge in [0, 0.05) is 51.6 Å². The number of likely N-dealkylation sites (N-methyl/N-ethyl adjacent to an activating group) is 1. The quantitative estimate of drug-likeness (QED) is 0.667. The molecule has 1 aliphatic carbocycles. The van der Waals surface area contributed by atoms with Crippen molar-refractivity contribution in [2.24, 2.45) is 11.8 Å². The summed E-state index contributed by atoms with van der Waals surface area (Å²) >= 11 is 0. The number of halogens is 1. The predicted molar refractivity (Wildman–Crippen MR) is 137 cm³/mol. The monoisotopic (exact) mass is 497 g/mol. The molecule has 7 nitrogen and oxygen atoms in total. The molecule has 194 valence electrons. The average molecular weight is 498 g/mol. The highest BCUT2D eigenvalue weighted by Crippen LogP contribution is 2.32. The first-order valence-electron chi connectivity index (χ1n) is 12.6. The van der Waals surface area contributed by atoms with Crippen molar-refractivity contribution in [1.82, 2.24) is 9.80 Å². The number of fused-ring (bicyclic) bond motifs is 1. The fourth-order valence-corrected chi connectivity index (χ4v) is 4.65. The zero-order valence-electron chi connectivity index (χ0n) is 21.5. The third-order valence-corrected chi connectivity index (χ3v) is 7.14. The minimum absolute atomic E-state index is 0.0499. The van der Waals surface area contributed by atoms with E-state index in [-0.39, 0.29) is 29.5 Å². The standard InChI is InChI=1S/C28H36FN3O4/c1-18-14-32(15-20-9-10-20)19(2)17-36-25-13-21(30-27(33)22-7-5-6-8-24(22)29)11-12-23(25)28(34)31(3)16-26(18)35-4/h5-8,11-13,18-20,26H,9-10,14-17H2,1-4H3,(H,30,33)/t18-,19-,26-/m1/s1. The van der Waals surface area contributed by atoms with Gasteiger partial charge in [0.2, 0.25) is 0 Å². The molecule has 0 bridgehead atoms. The second kappa shape index (κ2) is 11.4. The Labute approximate surface area is 212 Å². The van der Waals surface area contributed by atoms with Crippen molar-refractivity contribution in [2.45, 2.75) is 38.8 Å². The van der Waals surface area contributed by atoms with Gasteiger partial charge in [-0.3, -0.25) is 14.5 Å². The Morgan fingerprint density at radius 1 is 1.17 bits per heavy atom. The molecule has 2 amide bonds. The lowest BCUT2D eigenvalue weighted by atomic mass is 10.0. The third kappa shape index (κ3) is 6.23. The minimum atomic E-state index is -0.596. The van der Waals surface area contributed by atoms with Gasteiger partial charge in [-0.1, -0.05) is 19.1 Å². The number of rotatable bonds is 5. The van der Waals surface area contributed by atoms with Crippen molar-refractivity contribution >= 4 is 17.5 Å². The molecular weight excluding hydrogens is 461 g/mol. The lowest BCUT2D eigenvalue weighted by Crippen LogP contribution is -2.47. The third-order valence-electron chi connectivity index (χ3n) is 7.14. The maximum atomic E-state index is 14.1. The van der Waals surface area contributed by atoms with Gasteiger partial charge in [-0.25, -0.2) is 4.39 Å². The van der Waals surface area contributed by atoms with Crippen LogP contribution < -0.4 is 10.1 Å². The zero-order chi connectivity index (χ0) is 25.8. The van der Waals surface area contributed by atoms with Crippen LogP contribution in [0.15, 0.2) is 42.5 Å². The summed E-state index contributed by atoms with van der Waals surface area (Å²) in [6, 6.07) is 10.9. The van der Waals surface area contributed by atoms with Gasteiger partial charge >= 0.3 is 0 Å². The molecule has 0 radical (unpaired) electrons. The average Bonchev–Trinajstić information content (AvgIpc) is 3.68. The summed E-state index contributed by atoms with van der Waals surface area (Å²) in [4.78, 5) is 30.1. The molecule has 36 heavy (non-hydrogen) atoms. The Balaban J connectivity index is 1.61. The largest absolute Gasteiger partial charge is 0.491 e. The van der Waals surface area contributed by atoms with Crippen molar-refractivity contribution in [1.29, 1.82) is 0 Å². The Hall–Kier alpha value is -2.97. The first-order valence-corrected chi connectivity index (χ1v) is 12.6. The van der Waals surface area contributed by atoms with Gasteiger partial charge in [-0.15, -0.1) is 0 Å². The number of benzene rings is 2. The van der Waals surface area contributed by atoms with E-state index in [0.29, 0.717) is 30.2 Å². The van der Waals surface area contributed by atoms with Crippen LogP contribution in [-0.2, 0) is 4.74 Å². The van der Waals surface area contributed by atoms with Gasteiger partial charge in [0.25, 0.3) is 11.8 Å². The molecule has 2 aromatic carbocycles. The van der Waals surface area contributed by atoms with Crippen molar-refractivity contribution in [2.75, 3.05) is 45.7 Å². The lowest BCUT2D eigenvalue weighted by molar-refractivity contribution is 0.00994. The van der Waals surface area contributed by atoms with Crippen molar-refractivity contribution < 1.29 is 23.5 Å². The van der Waals surface area contributed by atoms with Gasteiger partial charge in [0.15, 0.2) is 0 Å². The molecule has 1 N–H and O–H groups in total. The Kier molecular flexibility index (Phi) is 8.26. The molecule has 1 aliphatic heterocycles. The van der Waals surface area contributed by atoms with E-state index in [0.717, 1.165) is 19.0 Å². The minimum Gasteiger partial charge on any atom is -0.491 e. The number of ether oxygens (including phenoxy) is 2. The van der Waals surface area contributed by atoms with Crippen molar-refractivity contribution in [3.05, 3.63) is 59.4 Å². The Morgan fingerprint density at radius 3 is 2.61 bits per heavy atom. The molecule has 2 aromatic rings. The van der Waals surface area contributed by atoms with Crippen LogP contribution in [0.4, 0.5) is 10.1 Å². The number of amides is 2. The molecule has 1 saturated carbocycles. The molecule has 3 atom stereocenters. The normalized spacial score (nSPS) is 23.8. The molecule has 0 saturated heterocycles. The smallest absolute Gasteiger partial charge is 0.258 e. The number of hydrogen-bond acceptors (Lipinski definition) is 5. The van der Waals surface area contributed by atoms with E-state index >= 15 is 0 Å². The number of methoxy groups -OCH3 is 1. The molecule has 1 fully saturated rings. The van der Waals surface area contributed by atoms with Crippen LogP contribution in [0.5, 0.6) is 5.75 Å². The highest BCUT2D eigenvalue weighted by atomic mass is 19.1. The highest BCUT2D eigenvalue weighted by Gasteiger charge is 2.31. The molecule has 4 rings (SSSR count). The Morgan fingerprint density at radius 2 is 1.92 bits per heavy atom. The van der Waals surface area contributed by atoms with Crippen LogP contribution >= 0.6 is 0 Å². The Bertz CT molecular complexity index is 1090. The number of nitrogens with zero attached hydrogens (tertiary/aromatic N) is 2. The fraction of sp³-hybridized carbons (Fsp3) is 0.500. The second-order valence-corrected chi connectivity index (χ2v) is 10.1. The predicted octanol–water partition coefficient (Wildman–Crippen LogP) is 4.29. The number of anilines is 1. The van der Waals surface area contributed by atoms with E-state index < -0.39 is 11.7 Å². The fourth-order valence-electron chi connectivity index (χ4n) is 4.65. The number of nitrogens with one attached hydrogen (secondary N) is 1. The summed E-state index contributed by atoms with van der Waals surface area (Å²) < 4.78 is 26.1. The lowest BCUT2D eigenvalue weighted by Gasteiger charge is -2.36. The van der Waals surface area contributed by atoms with Crippen LogP contribution in [0.2, 0.25) is 0 Å². The van der Waals surface area contributed by atoms with Gasteiger partial charge in [-0.05, 0) is 55.9 Å². The summed E-state index contributed by atoms with van der Waals surface area (Å²) in [5, 5.41) is 2.72. The highest BCUT2D eigenvalue weighted by molar-refractivity contribution is 6.05. The van der Waals surface area contributed by atoms with E-state index in [1.165, 1.54) is 31.0 Å². The maximum absolute atomic E-state index is 14.1. The van der Waals surface area contributed by atoms with Crippen LogP contribution in [0.25, 0.3) is 0 Å². The van der Waals surface area contributed by atoms with Crippen LogP contribution in [0.3, 0.4) is 0 Å². The van der Waals surface area contributed by atoms with E-state index in [1.54, 1.807) is 43.3 Å². The maximum Gasteiger partial charge on any atom is 0.258 e. The molecule has 1 heterocycles. The van der Waals surface area contributed by atoms with Gasteiger partial charge in [-0.2, -0.15) is 0 Å². The van der Waals surface area contributed by atoms with Crippen LogP contribution in [-0.4, -0.2) is 74.2 Å². The number of hydrogen-bond donors (Lipinski definition) is 1. The number of carbonyl (C=O) groups is 2. The molecule has 2 aliphatic rings. The van der Waals surface area contributed by atoms with E-state index in [2.05, 4.69) is 24.1 Å². The molecule has 8 heteroatoms. The molecule has 0 aromatic heterocycles. The van der Waals surface area contributed by atoms with Gasteiger partial charge in [0.05, 0.1) is 17.2 Å². The molecular formula is C28H36FN3O4. The van der Waals surface area contributed by atoms with E-state index in [4.69, 9.17) is 9.47 Å². The molecule has 0 unspecified atom stereocenters.